The summed E-state index contributed by atoms with van der Waals surface area (Å²) in [4.78, 5) is 10.8. The number of hydrogen-bond donors (Lipinski definition) is 0. The second-order valence-corrected chi connectivity index (χ2v) is 3.89. The van der Waals surface area contributed by atoms with Crippen LogP contribution in [0.3, 0.4) is 0 Å². The van der Waals surface area contributed by atoms with E-state index in [0.717, 1.165) is 23.8 Å². The Bertz CT molecular complexity index is 538. The van der Waals surface area contributed by atoms with Crippen molar-refractivity contribution in [2.45, 2.75) is 18.8 Å². The first-order valence-corrected chi connectivity index (χ1v) is 4.97. The molecular weight excluding hydrogens is 195 g/mol. The molecule has 0 saturated heterocycles. The second kappa shape index (κ2) is 2.92. The van der Waals surface area contributed by atoms with E-state index < -0.39 is 5.82 Å². The molecule has 3 rings (SSSR count). The zero-order valence-electron chi connectivity index (χ0n) is 8.00. The van der Waals surface area contributed by atoms with Crippen molar-refractivity contribution in [3.8, 4) is 0 Å². The minimum absolute atomic E-state index is 0.210. The van der Waals surface area contributed by atoms with Gasteiger partial charge >= 0.3 is 0 Å². The van der Waals surface area contributed by atoms with E-state index in [1.165, 1.54) is 6.07 Å². The van der Waals surface area contributed by atoms with E-state index in [-0.39, 0.29) is 11.3 Å². The number of benzene rings is 1. The molecule has 0 amide bonds. The van der Waals surface area contributed by atoms with Crippen molar-refractivity contribution in [2.75, 3.05) is 0 Å². The zero-order valence-corrected chi connectivity index (χ0v) is 8.00. The molecule has 0 unspecified atom stereocenters. The van der Waals surface area contributed by atoms with Crippen LogP contribution in [0, 0.1) is 5.82 Å². The summed E-state index contributed by atoms with van der Waals surface area (Å²) in [5, 5.41) is 0.750. The van der Waals surface area contributed by atoms with Crippen molar-refractivity contribution in [3.05, 3.63) is 35.3 Å². The first kappa shape index (κ1) is 8.65. The van der Waals surface area contributed by atoms with Crippen LogP contribution in [0.25, 0.3) is 11.0 Å². The maximum Gasteiger partial charge on any atom is 0.185 e. The van der Waals surface area contributed by atoms with Crippen molar-refractivity contribution in [1.82, 2.24) is 0 Å². The van der Waals surface area contributed by atoms with E-state index in [1.807, 2.05) is 6.07 Å². The maximum absolute atomic E-state index is 13.4. The lowest BCUT2D eigenvalue weighted by atomic mass is 10.1. The highest BCUT2D eigenvalue weighted by molar-refractivity contribution is 5.90. The van der Waals surface area contributed by atoms with Crippen LogP contribution >= 0.6 is 0 Å². The molecule has 3 heteroatoms. The van der Waals surface area contributed by atoms with Crippen molar-refractivity contribution in [3.63, 3.8) is 0 Å². The average molecular weight is 204 g/mol. The third-order valence-corrected chi connectivity index (χ3v) is 2.83. The van der Waals surface area contributed by atoms with Gasteiger partial charge in [0.1, 0.15) is 0 Å². The number of hydrogen-bond acceptors (Lipinski definition) is 2. The van der Waals surface area contributed by atoms with Crippen molar-refractivity contribution >= 4 is 17.3 Å². The number of fused-ring (bicyclic) bond motifs is 1. The maximum atomic E-state index is 13.4. The second-order valence-electron chi connectivity index (χ2n) is 3.89. The number of halogens is 1. The van der Waals surface area contributed by atoms with Crippen LogP contribution < -0.4 is 0 Å². The van der Waals surface area contributed by atoms with E-state index in [0.29, 0.717) is 12.2 Å². The van der Waals surface area contributed by atoms with Gasteiger partial charge in [-0.1, -0.05) is 12.1 Å². The summed E-state index contributed by atoms with van der Waals surface area (Å²) in [6, 6.07) is 4.80. The van der Waals surface area contributed by atoms with Gasteiger partial charge in [-0.3, -0.25) is 4.79 Å². The first-order chi connectivity index (χ1) is 7.31. The van der Waals surface area contributed by atoms with Crippen LogP contribution in [0.4, 0.5) is 4.39 Å². The van der Waals surface area contributed by atoms with Crippen LogP contribution in [0.1, 0.15) is 34.9 Å². The fraction of sp³-hybridized carbons (Fsp3) is 0.250. The van der Waals surface area contributed by atoms with Crippen LogP contribution in [0.15, 0.2) is 22.6 Å². The summed E-state index contributed by atoms with van der Waals surface area (Å²) in [5.74, 6) is 0.272. The highest BCUT2D eigenvalue weighted by atomic mass is 19.1. The lowest BCUT2D eigenvalue weighted by Crippen LogP contribution is -1.83. The molecule has 2 nitrogen and oxygen atoms in total. The van der Waals surface area contributed by atoms with Gasteiger partial charge in [0.25, 0.3) is 0 Å². The van der Waals surface area contributed by atoms with E-state index in [4.69, 9.17) is 4.42 Å². The SMILES string of the molecule is O=Cc1oc2c(F)cccc2c1C1CC1. The molecule has 76 valence electrons. The lowest BCUT2D eigenvalue weighted by molar-refractivity contribution is 0.110. The van der Waals surface area contributed by atoms with Gasteiger partial charge in [0.2, 0.25) is 0 Å². The number of para-hydroxylation sites is 1. The van der Waals surface area contributed by atoms with E-state index in [2.05, 4.69) is 0 Å². The van der Waals surface area contributed by atoms with E-state index in [9.17, 15) is 9.18 Å². The Hall–Kier alpha value is -1.64. The molecule has 0 bridgehead atoms. The summed E-state index contributed by atoms with van der Waals surface area (Å²) in [5.41, 5.74) is 1.10. The van der Waals surface area contributed by atoms with Crippen LogP contribution in [0.2, 0.25) is 0 Å². The fourth-order valence-corrected chi connectivity index (χ4v) is 2.00. The van der Waals surface area contributed by atoms with Crippen LogP contribution in [-0.2, 0) is 0 Å². The Morgan fingerprint density at radius 3 is 2.87 bits per heavy atom. The molecule has 0 atom stereocenters. The van der Waals surface area contributed by atoms with Gasteiger partial charge in [-0.15, -0.1) is 0 Å². The molecule has 1 fully saturated rings. The molecule has 1 aliphatic carbocycles. The standard InChI is InChI=1S/C12H9FO2/c13-9-3-1-2-8-11(7-4-5-7)10(6-14)15-12(8)9/h1-3,6-7H,4-5H2. The minimum Gasteiger partial charge on any atom is -0.450 e. The monoisotopic (exact) mass is 204 g/mol. The smallest absolute Gasteiger partial charge is 0.185 e. The molecule has 1 aliphatic rings. The Morgan fingerprint density at radius 2 is 2.20 bits per heavy atom. The Kier molecular flexibility index (Phi) is 1.69. The third-order valence-electron chi connectivity index (χ3n) is 2.83. The summed E-state index contributed by atoms with van der Waals surface area (Å²) in [7, 11) is 0. The van der Waals surface area contributed by atoms with Crippen LogP contribution in [-0.4, -0.2) is 6.29 Å². The molecule has 0 N–H and O–H groups in total. The van der Waals surface area contributed by atoms with Gasteiger partial charge in [0.15, 0.2) is 23.4 Å². The predicted octanol–water partition coefficient (Wildman–Crippen LogP) is 3.26. The molecule has 0 spiro atoms. The van der Waals surface area contributed by atoms with Gasteiger partial charge in [0, 0.05) is 10.9 Å². The first-order valence-electron chi connectivity index (χ1n) is 4.97. The summed E-state index contributed by atoms with van der Waals surface area (Å²) < 4.78 is 18.6. The molecule has 15 heavy (non-hydrogen) atoms. The fourth-order valence-electron chi connectivity index (χ4n) is 2.00. The quantitative estimate of drug-likeness (QED) is 0.703. The largest absolute Gasteiger partial charge is 0.450 e. The predicted molar refractivity (Wildman–Crippen MR) is 53.5 cm³/mol. The molecule has 2 aromatic rings. The normalized spacial score (nSPS) is 15.8. The number of furan rings is 1. The number of carbonyl (C=O) groups is 1. The summed E-state index contributed by atoms with van der Waals surface area (Å²) >= 11 is 0. The molecule has 0 aliphatic heterocycles. The number of rotatable bonds is 2. The lowest BCUT2D eigenvalue weighted by Gasteiger charge is -1.93. The number of aldehydes is 1. The van der Waals surface area contributed by atoms with Gasteiger partial charge < -0.3 is 4.42 Å². The molecule has 0 radical (unpaired) electrons. The Morgan fingerprint density at radius 1 is 1.40 bits per heavy atom. The number of carbonyl (C=O) groups excluding carboxylic acids is 1. The highest BCUT2D eigenvalue weighted by Crippen LogP contribution is 2.45. The third kappa shape index (κ3) is 1.19. The Balaban J connectivity index is 2.38. The van der Waals surface area contributed by atoms with Crippen molar-refractivity contribution in [2.24, 2.45) is 0 Å². The Labute approximate surface area is 85.7 Å². The average Bonchev–Trinajstić information content (AvgIpc) is 3.00. The minimum atomic E-state index is -0.400. The van der Waals surface area contributed by atoms with Crippen molar-refractivity contribution in [1.29, 1.82) is 0 Å². The van der Waals surface area contributed by atoms with E-state index >= 15 is 0 Å². The van der Waals surface area contributed by atoms with Gasteiger partial charge in [0.05, 0.1) is 0 Å². The molecule has 1 saturated carbocycles. The summed E-state index contributed by atoms with van der Waals surface area (Å²) in [6.07, 6.45) is 2.80. The molecule has 1 heterocycles. The van der Waals surface area contributed by atoms with Gasteiger partial charge in [-0.2, -0.15) is 0 Å². The highest BCUT2D eigenvalue weighted by Gasteiger charge is 2.31. The van der Waals surface area contributed by atoms with E-state index in [1.54, 1.807) is 6.07 Å². The topological polar surface area (TPSA) is 30.2 Å². The molecular formula is C12H9FO2. The zero-order chi connectivity index (χ0) is 10.4. The van der Waals surface area contributed by atoms with Gasteiger partial charge in [-0.05, 0) is 24.8 Å². The van der Waals surface area contributed by atoms with Crippen LogP contribution in [0.5, 0.6) is 0 Å². The molecule has 1 aromatic carbocycles. The summed E-state index contributed by atoms with van der Waals surface area (Å²) in [6.45, 7) is 0. The van der Waals surface area contributed by atoms with Crippen molar-refractivity contribution < 1.29 is 13.6 Å². The van der Waals surface area contributed by atoms with Gasteiger partial charge in [-0.25, -0.2) is 4.39 Å². The molecule has 1 aromatic heterocycles.